The lowest BCUT2D eigenvalue weighted by Gasteiger charge is -2.19. The molecular formula is C13H21N3O3S. The summed E-state index contributed by atoms with van der Waals surface area (Å²) in [7, 11) is -3.47. The van der Waals surface area contributed by atoms with Gasteiger partial charge in [-0.15, -0.1) is 0 Å². The number of hydrogen-bond donors (Lipinski definition) is 3. The molecule has 7 heteroatoms. The first kappa shape index (κ1) is 15.1. The van der Waals surface area contributed by atoms with Gasteiger partial charge in [0.25, 0.3) is 0 Å². The number of anilines is 2. The third kappa shape index (κ3) is 3.23. The molecule has 0 aliphatic carbocycles. The highest BCUT2D eigenvalue weighted by Gasteiger charge is 2.25. The third-order valence-electron chi connectivity index (χ3n) is 3.39. The Kier molecular flexibility index (Phi) is 4.52. The van der Waals surface area contributed by atoms with Crippen LogP contribution in [-0.2, 0) is 14.8 Å². The van der Waals surface area contributed by atoms with Crippen molar-refractivity contribution in [3.63, 3.8) is 0 Å². The van der Waals surface area contributed by atoms with Crippen molar-refractivity contribution >= 4 is 21.4 Å². The standard InChI is InChI=1S/C13H21N3O3S/c1-3-15-20(17,18)10-4-5-11(14)13(8-10)16-12-6-7-19-9(12)2/h4-5,8-9,12,15-16H,3,6-7,14H2,1-2H3. The first-order chi connectivity index (χ1) is 9.44. The van der Waals surface area contributed by atoms with Gasteiger partial charge < -0.3 is 15.8 Å². The van der Waals surface area contributed by atoms with Crippen LogP contribution in [0.3, 0.4) is 0 Å². The minimum Gasteiger partial charge on any atom is -0.397 e. The summed E-state index contributed by atoms with van der Waals surface area (Å²) in [6.45, 7) is 4.78. The number of ether oxygens (including phenoxy) is 1. The summed E-state index contributed by atoms with van der Waals surface area (Å²) in [5.41, 5.74) is 7.07. The Morgan fingerprint density at radius 2 is 2.20 bits per heavy atom. The van der Waals surface area contributed by atoms with Gasteiger partial charge >= 0.3 is 0 Å². The average molecular weight is 299 g/mol. The molecule has 1 saturated heterocycles. The average Bonchev–Trinajstić information content (AvgIpc) is 2.77. The van der Waals surface area contributed by atoms with Crippen LogP contribution in [0, 0.1) is 0 Å². The van der Waals surface area contributed by atoms with E-state index in [0.717, 1.165) is 6.42 Å². The van der Waals surface area contributed by atoms with E-state index in [1.807, 2.05) is 6.92 Å². The van der Waals surface area contributed by atoms with Crippen LogP contribution in [0.25, 0.3) is 0 Å². The number of hydrogen-bond acceptors (Lipinski definition) is 5. The predicted octanol–water partition coefficient (Wildman–Crippen LogP) is 1.16. The quantitative estimate of drug-likeness (QED) is 0.709. The van der Waals surface area contributed by atoms with Gasteiger partial charge in [-0.1, -0.05) is 6.92 Å². The van der Waals surface area contributed by atoms with E-state index >= 15 is 0 Å². The second kappa shape index (κ2) is 5.99. The first-order valence-corrected chi connectivity index (χ1v) is 8.19. The summed E-state index contributed by atoms with van der Waals surface area (Å²) in [5, 5.41) is 3.27. The van der Waals surface area contributed by atoms with E-state index in [2.05, 4.69) is 10.0 Å². The molecule has 20 heavy (non-hydrogen) atoms. The van der Waals surface area contributed by atoms with Crippen LogP contribution in [0.5, 0.6) is 0 Å². The highest BCUT2D eigenvalue weighted by molar-refractivity contribution is 7.89. The molecule has 0 aromatic heterocycles. The molecule has 0 amide bonds. The predicted molar refractivity (Wildman–Crippen MR) is 79.2 cm³/mol. The Hall–Kier alpha value is -1.31. The Balaban J connectivity index is 2.25. The minimum atomic E-state index is -3.47. The third-order valence-corrected chi connectivity index (χ3v) is 4.93. The molecule has 4 N–H and O–H groups in total. The van der Waals surface area contributed by atoms with Crippen molar-refractivity contribution in [2.75, 3.05) is 24.2 Å². The summed E-state index contributed by atoms with van der Waals surface area (Å²) in [4.78, 5) is 0.211. The molecule has 0 saturated carbocycles. The molecule has 2 atom stereocenters. The molecule has 1 heterocycles. The van der Waals surface area contributed by atoms with E-state index in [0.29, 0.717) is 24.5 Å². The number of sulfonamides is 1. The molecule has 6 nitrogen and oxygen atoms in total. The lowest BCUT2D eigenvalue weighted by atomic mass is 10.1. The van der Waals surface area contributed by atoms with Gasteiger partial charge in [0.2, 0.25) is 10.0 Å². The fourth-order valence-corrected chi connectivity index (χ4v) is 3.29. The van der Waals surface area contributed by atoms with Gasteiger partial charge in [-0.25, -0.2) is 13.1 Å². The normalized spacial score (nSPS) is 22.9. The molecule has 0 bridgehead atoms. The van der Waals surface area contributed by atoms with Crippen LogP contribution < -0.4 is 15.8 Å². The molecule has 0 radical (unpaired) electrons. The molecule has 1 aromatic carbocycles. The van der Waals surface area contributed by atoms with E-state index in [4.69, 9.17) is 10.5 Å². The van der Waals surface area contributed by atoms with E-state index in [1.54, 1.807) is 19.1 Å². The molecule has 2 rings (SSSR count). The van der Waals surface area contributed by atoms with E-state index < -0.39 is 10.0 Å². The second-order valence-corrected chi connectivity index (χ2v) is 6.63. The topological polar surface area (TPSA) is 93.5 Å². The summed E-state index contributed by atoms with van der Waals surface area (Å²) in [6, 6.07) is 4.83. The van der Waals surface area contributed by atoms with Crippen molar-refractivity contribution in [3.8, 4) is 0 Å². The number of benzene rings is 1. The van der Waals surface area contributed by atoms with Gasteiger partial charge in [0, 0.05) is 13.2 Å². The summed E-state index contributed by atoms with van der Waals surface area (Å²) < 4.78 is 31.9. The van der Waals surface area contributed by atoms with Crippen molar-refractivity contribution in [3.05, 3.63) is 18.2 Å². The zero-order chi connectivity index (χ0) is 14.8. The SMILES string of the molecule is CCNS(=O)(=O)c1ccc(N)c(NC2CCOC2C)c1. The molecule has 1 aliphatic heterocycles. The van der Waals surface area contributed by atoms with Crippen LogP contribution in [0.1, 0.15) is 20.3 Å². The van der Waals surface area contributed by atoms with Crippen molar-refractivity contribution in [2.45, 2.75) is 37.3 Å². The summed E-state index contributed by atoms with van der Waals surface area (Å²) in [6.07, 6.45) is 0.966. The van der Waals surface area contributed by atoms with Gasteiger partial charge in [0.1, 0.15) is 0 Å². The molecule has 0 spiro atoms. The molecule has 112 valence electrons. The monoisotopic (exact) mass is 299 g/mol. The first-order valence-electron chi connectivity index (χ1n) is 6.71. The van der Waals surface area contributed by atoms with Crippen molar-refractivity contribution < 1.29 is 13.2 Å². The van der Waals surface area contributed by atoms with Gasteiger partial charge in [0.15, 0.2) is 0 Å². The van der Waals surface area contributed by atoms with Crippen LogP contribution in [-0.4, -0.2) is 33.7 Å². The largest absolute Gasteiger partial charge is 0.397 e. The Morgan fingerprint density at radius 1 is 1.45 bits per heavy atom. The zero-order valence-electron chi connectivity index (χ0n) is 11.7. The summed E-state index contributed by atoms with van der Waals surface area (Å²) >= 11 is 0. The second-order valence-electron chi connectivity index (χ2n) is 4.87. The van der Waals surface area contributed by atoms with Gasteiger partial charge in [0.05, 0.1) is 28.4 Å². The number of nitrogen functional groups attached to an aromatic ring is 1. The maximum absolute atomic E-state index is 12.0. The maximum Gasteiger partial charge on any atom is 0.240 e. The highest BCUT2D eigenvalue weighted by atomic mass is 32.2. The van der Waals surface area contributed by atoms with Crippen LogP contribution in [0.15, 0.2) is 23.1 Å². The van der Waals surface area contributed by atoms with Crippen LogP contribution >= 0.6 is 0 Å². The van der Waals surface area contributed by atoms with E-state index in [-0.39, 0.29) is 17.0 Å². The Labute approximate surface area is 119 Å². The molecular weight excluding hydrogens is 278 g/mol. The van der Waals surface area contributed by atoms with Crippen molar-refractivity contribution in [1.82, 2.24) is 4.72 Å². The van der Waals surface area contributed by atoms with Crippen LogP contribution in [0.4, 0.5) is 11.4 Å². The Morgan fingerprint density at radius 3 is 2.80 bits per heavy atom. The smallest absolute Gasteiger partial charge is 0.240 e. The Bertz CT molecular complexity index is 574. The molecule has 2 unspecified atom stereocenters. The number of nitrogens with one attached hydrogen (secondary N) is 2. The summed E-state index contributed by atoms with van der Waals surface area (Å²) in [5.74, 6) is 0. The van der Waals surface area contributed by atoms with Gasteiger partial charge in [-0.3, -0.25) is 0 Å². The molecule has 1 aliphatic rings. The maximum atomic E-state index is 12.0. The highest BCUT2D eigenvalue weighted by Crippen LogP contribution is 2.26. The number of nitrogens with two attached hydrogens (primary N) is 1. The van der Waals surface area contributed by atoms with Gasteiger partial charge in [-0.05, 0) is 31.5 Å². The fourth-order valence-electron chi connectivity index (χ4n) is 2.22. The minimum absolute atomic E-state index is 0.0865. The van der Waals surface area contributed by atoms with Gasteiger partial charge in [-0.2, -0.15) is 0 Å². The molecule has 1 fully saturated rings. The van der Waals surface area contributed by atoms with Crippen molar-refractivity contribution in [2.24, 2.45) is 0 Å². The van der Waals surface area contributed by atoms with Crippen molar-refractivity contribution in [1.29, 1.82) is 0 Å². The lowest BCUT2D eigenvalue weighted by molar-refractivity contribution is 0.121. The van der Waals surface area contributed by atoms with E-state index in [9.17, 15) is 8.42 Å². The number of rotatable bonds is 5. The lowest BCUT2D eigenvalue weighted by Crippen LogP contribution is -2.27. The molecule has 1 aromatic rings. The van der Waals surface area contributed by atoms with Crippen LogP contribution in [0.2, 0.25) is 0 Å². The zero-order valence-corrected chi connectivity index (χ0v) is 12.5. The van der Waals surface area contributed by atoms with E-state index in [1.165, 1.54) is 6.07 Å². The fraction of sp³-hybridized carbons (Fsp3) is 0.538.